The van der Waals surface area contributed by atoms with E-state index in [0.29, 0.717) is 28.1 Å². The summed E-state index contributed by atoms with van der Waals surface area (Å²) in [6.45, 7) is 10.6. The number of para-hydroxylation sites is 1. The summed E-state index contributed by atoms with van der Waals surface area (Å²) < 4.78 is 1.94. The Labute approximate surface area is 209 Å². The van der Waals surface area contributed by atoms with E-state index >= 15 is 0 Å². The normalized spacial score (nSPS) is 12.0. The van der Waals surface area contributed by atoms with Crippen LogP contribution in [-0.4, -0.2) is 32.3 Å². The highest BCUT2D eigenvalue weighted by atomic mass is 35.5. The quantitative estimate of drug-likeness (QED) is 0.383. The fourth-order valence-electron chi connectivity index (χ4n) is 3.65. The van der Waals surface area contributed by atoms with Gasteiger partial charge in [0.15, 0.2) is 11.0 Å². The maximum absolute atomic E-state index is 12.9. The van der Waals surface area contributed by atoms with E-state index in [1.807, 2.05) is 57.4 Å². The molecular formula is C25H30ClN5O2S. The van der Waals surface area contributed by atoms with Crippen molar-refractivity contribution in [2.75, 3.05) is 11.1 Å². The average molecular weight is 500 g/mol. The van der Waals surface area contributed by atoms with Crippen LogP contribution in [0.15, 0.2) is 47.6 Å². The molecule has 7 nitrogen and oxygen atoms in total. The minimum absolute atomic E-state index is 0.0612. The van der Waals surface area contributed by atoms with Crippen molar-refractivity contribution in [1.29, 1.82) is 0 Å². The lowest BCUT2D eigenvalue weighted by atomic mass is 10.0. The van der Waals surface area contributed by atoms with E-state index in [9.17, 15) is 9.59 Å². The molecule has 0 aliphatic heterocycles. The van der Waals surface area contributed by atoms with Gasteiger partial charge in [-0.15, -0.1) is 10.2 Å². The summed E-state index contributed by atoms with van der Waals surface area (Å²) in [5.41, 5.74) is 3.29. The first kappa shape index (κ1) is 25.8. The third-order valence-corrected chi connectivity index (χ3v) is 6.79. The Morgan fingerprint density at radius 1 is 1.06 bits per heavy atom. The van der Waals surface area contributed by atoms with Gasteiger partial charge in [0, 0.05) is 12.2 Å². The monoisotopic (exact) mass is 499 g/mol. The highest BCUT2D eigenvalue weighted by molar-refractivity contribution is 7.99. The number of rotatable bonds is 9. The van der Waals surface area contributed by atoms with Crippen LogP contribution in [0, 0.1) is 19.8 Å². The highest BCUT2D eigenvalue weighted by Crippen LogP contribution is 2.27. The third kappa shape index (κ3) is 5.98. The number of nitrogens with one attached hydrogen (secondary N) is 2. The van der Waals surface area contributed by atoms with Crippen molar-refractivity contribution in [3.63, 3.8) is 0 Å². The van der Waals surface area contributed by atoms with Gasteiger partial charge in [-0.3, -0.25) is 9.59 Å². The van der Waals surface area contributed by atoms with Gasteiger partial charge in [0.25, 0.3) is 5.91 Å². The maximum atomic E-state index is 12.9. The summed E-state index contributed by atoms with van der Waals surface area (Å²) in [5, 5.41) is 15.8. The largest absolute Gasteiger partial charge is 0.342 e. The van der Waals surface area contributed by atoms with E-state index in [0.717, 1.165) is 16.8 Å². The second-order valence-electron chi connectivity index (χ2n) is 8.36. The van der Waals surface area contributed by atoms with Gasteiger partial charge in [0.2, 0.25) is 5.91 Å². The molecule has 0 saturated carbocycles. The predicted molar refractivity (Wildman–Crippen MR) is 137 cm³/mol. The Kier molecular flexibility index (Phi) is 8.74. The number of hydrogen-bond donors (Lipinski definition) is 2. The van der Waals surface area contributed by atoms with Gasteiger partial charge in [-0.2, -0.15) is 0 Å². The van der Waals surface area contributed by atoms with Gasteiger partial charge in [-0.05, 0) is 49.9 Å². The second-order valence-corrected chi connectivity index (χ2v) is 9.71. The number of amides is 2. The van der Waals surface area contributed by atoms with Crippen molar-refractivity contribution < 1.29 is 9.59 Å². The van der Waals surface area contributed by atoms with Gasteiger partial charge in [-0.25, -0.2) is 0 Å². The highest BCUT2D eigenvalue weighted by Gasteiger charge is 2.27. The van der Waals surface area contributed by atoms with Crippen LogP contribution in [-0.2, 0) is 11.3 Å². The minimum Gasteiger partial charge on any atom is -0.342 e. The first-order chi connectivity index (χ1) is 16.2. The summed E-state index contributed by atoms with van der Waals surface area (Å²) in [6.07, 6.45) is 0. The van der Waals surface area contributed by atoms with Crippen molar-refractivity contribution in [2.24, 2.45) is 5.92 Å². The summed E-state index contributed by atoms with van der Waals surface area (Å²) in [7, 11) is 0. The van der Waals surface area contributed by atoms with E-state index < -0.39 is 0 Å². The lowest BCUT2D eigenvalue weighted by Gasteiger charge is -2.22. The molecule has 0 aliphatic rings. The molecule has 180 valence electrons. The van der Waals surface area contributed by atoms with Crippen LogP contribution < -0.4 is 10.6 Å². The topological polar surface area (TPSA) is 88.9 Å². The number of carbonyl (C=O) groups is 2. The number of aromatic nitrogens is 3. The smallest absolute Gasteiger partial charge is 0.253 e. The first-order valence-corrected chi connectivity index (χ1v) is 12.6. The molecule has 2 N–H and O–H groups in total. The number of anilines is 1. The molecule has 0 radical (unpaired) electrons. The first-order valence-electron chi connectivity index (χ1n) is 11.2. The molecule has 0 spiro atoms. The lowest BCUT2D eigenvalue weighted by Crippen LogP contribution is -2.34. The number of benzene rings is 2. The van der Waals surface area contributed by atoms with Crippen LogP contribution in [0.5, 0.6) is 0 Å². The molecular weight excluding hydrogens is 470 g/mol. The van der Waals surface area contributed by atoms with Crippen molar-refractivity contribution in [1.82, 2.24) is 20.1 Å². The van der Waals surface area contributed by atoms with Gasteiger partial charge in [-0.1, -0.05) is 67.5 Å². The molecule has 1 atom stereocenters. The molecule has 34 heavy (non-hydrogen) atoms. The van der Waals surface area contributed by atoms with Crippen LogP contribution in [0.1, 0.15) is 54.1 Å². The van der Waals surface area contributed by atoms with E-state index in [-0.39, 0.29) is 29.5 Å². The number of nitrogens with zero attached hydrogens (tertiary/aromatic N) is 3. The van der Waals surface area contributed by atoms with Crippen LogP contribution in [0.3, 0.4) is 0 Å². The Hall–Kier alpha value is -2.84. The zero-order valence-electron chi connectivity index (χ0n) is 20.1. The SMILES string of the molecule is CCn1c(SCC(=O)Nc2c(C)cccc2C)nnc1C(NC(=O)c1ccccc1Cl)C(C)C. The third-order valence-electron chi connectivity index (χ3n) is 5.49. The van der Waals surface area contributed by atoms with Gasteiger partial charge in [0.1, 0.15) is 0 Å². The van der Waals surface area contributed by atoms with E-state index in [1.54, 1.807) is 24.3 Å². The molecule has 3 aromatic rings. The molecule has 1 unspecified atom stereocenters. The van der Waals surface area contributed by atoms with E-state index in [4.69, 9.17) is 11.6 Å². The number of carbonyl (C=O) groups excluding carboxylic acids is 2. The van der Waals surface area contributed by atoms with Crippen molar-refractivity contribution in [3.8, 4) is 0 Å². The van der Waals surface area contributed by atoms with Gasteiger partial charge >= 0.3 is 0 Å². The van der Waals surface area contributed by atoms with Gasteiger partial charge in [0.05, 0.1) is 22.4 Å². The second kappa shape index (κ2) is 11.5. The number of aryl methyl sites for hydroxylation is 2. The Morgan fingerprint density at radius 3 is 2.35 bits per heavy atom. The van der Waals surface area contributed by atoms with Crippen molar-refractivity contribution in [2.45, 2.75) is 52.4 Å². The Morgan fingerprint density at radius 2 is 1.74 bits per heavy atom. The van der Waals surface area contributed by atoms with Crippen LogP contribution in [0.4, 0.5) is 5.69 Å². The summed E-state index contributed by atoms with van der Waals surface area (Å²) in [6, 6.07) is 12.5. The molecule has 0 bridgehead atoms. The zero-order valence-corrected chi connectivity index (χ0v) is 21.6. The average Bonchev–Trinajstić information content (AvgIpc) is 3.21. The van der Waals surface area contributed by atoms with Crippen molar-refractivity contribution >= 4 is 40.9 Å². The molecule has 2 amide bonds. The Balaban J connectivity index is 1.74. The molecule has 2 aromatic carbocycles. The number of halogens is 1. The van der Waals surface area contributed by atoms with Gasteiger partial charge < -0.3 is 15.2 Å². The van der Waals surface area contributed by atoms with Crippen LogP contribution in [0.25, 0.3) is 0 Å². The molecule has 9 heteroatoms. The van der Waals surface area contributed by atoms with E-state index in [2.05, 4.69) is 20.8 Å². The van der Waals surface area contributed by atoms with Crippen molar-refractivity contribution in [3.05, 3.63) is 70.0 Å². The fourth-order valence-corrected chi connectivity index (χ4v) is 4.68. The molecule has 1 aromatic heterocycles. The summed E-state index contributed by atoms with van der Waals surface area (Å²) in [4.78, 5) is 25.5. The van der Waals surface area contributed by atoms with Crippen LogP contribution in [0.2, 0.25) is 5.02 Å². The van der Waals surface area contributed by atoms with E-state index in [1.165, 1.54) is 11.8 Å². The number of hydrogen-bond acceptors (Lipinski definition) is 5. The summed E-state index contributed by atoms with van der Waals surface area (Å²) >= 11 is 7.53. The zero-order chi connectivity index (χ0) is 24.8. The fraction of sp³-hybridized carbons (Fsp3) is 0.360. The lowest BCUT2D eigenvalue weighted by molar-refractivity contribution is -0.113. The molecule has 0 fully saturated rings. The van der Waals surface area contributed by atoms with Crippen LogP contribution >= 0.6 is 23.4 Å². The predicted octanol–water partition coefficient (Wildman–Crippen LogP) is 5.43. The Bertz CT molecular complexity index is 1160. The molecule has 0 aliphatic carbocycles. The standard InChI is InChI=1S/C25H30ClN5O2S/c1-6-31-23(21(15(2)3)28-24(33)18-12-7-8-13-19(18)26)29-30-25(31)34-14-20(32)27-22-16(4)10-9-11-17(22)5/h7-13,15,21H,6,14H2,1-5H3,(H,27,32)(H,28,33). The summed E-state index contributed by atoms with van der Waals surface area (Å²) in [5.74, 6) is 0.533. The minimum atomic E-state index is -0.367. The molecule has 3 rings (SSSR count). The number of thioether (sulfide) groups is 1. The molecule has 1 heterocycles. The maximum Gasteiger partial charge on any atom is 0.253 e. The molecule has 0 saturated heterocycles.